The molecule has 4 unspecified atom stereocenters. The van der Waals surface area contributed by atoms with Gasteiger partial charge in [-0.15, -0.1) is 0 Å². The maximum Gasteiger partial charge on any atom is 0.326 e. The van der Waals surface area contributed by atoms with Gasteiger partial charge in [-0.05, 0) is 30.6 Å². The molecule has 4 atom stereocenters. The largest absolute Gasteiger partial charge is 0.480 e. The Bertz CT molecular complexity index is 452. The molecule has 7 heteroatoms. The van der Waals surface area contributed by atoms with E-state index in [1.54, 1.807) is 13.8 Å². The number of nitrogens with zero attached hydrogens (tertiary/aromatic N) is 1. The minimum absolute atomic E-state index is 0.0272. The van der Waals surface area contributed by atoms with Crippen LogP contribution in [0.25, 0.3) is 0 Å². The normalized spacial score (nSPS) is 29.3. The van der Waals surface area contributed by atoms with Crippen molar-refractivity contribution in [3.8, 4) is 0 Å². The lowest BCUT2D eigenvalue weighted by molar-refractivity contribution is -0.142. The Balaban J connectivity index is 2.11. The van der Waals surface area contributed by atoms with Crippen molar-refractivity contribution >= 4 is 17.9 Å². The molecule has 21 heavy (non-hydrogen) atoms. The van der Waals surface area contributed by atoms with Gasteiger partial charge >= 0.3 is 12.0 Å². The number of hydrogen-bond acceptors (Lipinski definition) is 3. The summed E-state index contributed by atoms with van der Waals surface area (Å²) in [6.07, 6.45) is 2.82. The predicted molar refractivity (Wildman–Crippen MR) is 75.3 cm³/mol. The van der Waals surface area contributed by atoms with Crippen LogP contribution < -0.4 is 11.1 Å². The summed E-state index contributed by atoms with van der Waals surface area (Å²) >= 11 is 0. The van der Waals surface area contributed by atoms with Crippen molar-refractivity contribution in [3.05, 3.63) is 0 Å². The van der Waals surface area contributed by atoms with Crippen LogP contribution in [0.3, 0.4) is 0 Å². The van der Waals surface area contributed by atoms with Crippen LogP contribution in [0.1, 0.15) is 33.1 Å². The number of carbonyl (C=O) groups excluding carboxylic acids is 2. The van der Waals surface area contributed by atoms with Crippen LogP contribution in [0.2, 0.25) is 0 Å². The van der Waals surface area contributed by atoms with Crippen molar-refractivity contribution in [1.82, 2.24) is 10.2 Å². The summed E-state index contributed by atoms with van der Waals surface area (Å²) in [6, 6.07) is -2.08. The van der Waals surface area contributed by atoms with Crippen molar-refractivity contribution < 1.29 is 19.5 Å². The average molecular weight is 297 g/mol. The molecule has 118 valence electrons. The third-order valence-corrected chi connectivity index (χ3v) is 4.66. The molecule has 7 nitrogen and oxygen atoms in total. The van der Waals surface area contributed by atoms with E-state index < -0.39 is 30.0 Å². The summed E-state index contributed by atoms with van der Waals surface area (Å²) in [5, 5.41) is 12.0. The fraction of sp³-hybridized carbons (Fsp3) is 0.786. The number of carboxylic acid groups (broad SMARTS) is 1. The molecular formula is C14H23N3O4. The summed E-state index contributed by atoms with van der Waals surface area (Å²) in [7, 11) is 0. The van der Waals surface area contributed by atoms with E-state index in [9.17, 15) is 19.5 Å². The summed E-state index contributed by atoms with van der Waals surface area (Å²) in [5.74, 6) is -1.44. The Morgan fingerprint density at radius 1 is 1.29 bits per heavy atom. The topological polar surface area (TPSA) is 113 Å². The Morgan fingerprint density at radius 2 is 1.95 bits per heavy atom. The highest BCUT2D eigenvalue weighted by Gasteiger charge is 2.49. The second kappa shape index (κ2) is 5.91. The van der Waals surface area contributed by atoms with Crippen molar-refractivity contribution in [2.75, 3.05) is 6.54 Å². The first-order valence-electron chi connectivity index (χ1n) is 7.42. The van der Waals surface area contributed by atoms with Gasteiger partial charge in [0.05, 0.1) is 0 Å². The van der Waals surface area contributed by atoms with Gasteiger partial charge in [0.2, 0.25) is 5.91 Å². The molecule has 2 rings (SSSR count). The van der Waals surface area contributed by atoms with Crippen molar-refractivity contribution in [2.45, 2.75) is 45.2 Å². The van der Waals surface area contributed by atoms with E-state index in [1.807, 2.05) is 0 Å². The molecule has 4 N–H and O–H groups in total. The highest BCUT2D eigenvalue weighted by molar-refractivity contribution is 5.88. The summed E-state index contributed by atoms with van der Waals surface area (Å²) in [6.45, 7) is 4.00. The van der Waals surface area contributed by atoms with E-state index in [-0.39, 0.29) is 17.8 Å². The maximum absolute atomic E-state index is 12.4. The molecule has 0 aromatic carbocycles. The predicted octanol–water partition coefficient (Wildman–Crippen LogP) is 0.391. The number of rotatable bonds is 4. The Kier molecular flexibility index (Phi) is 4.39. The second-order valence-corrected chi connectivity index (χ2v) is 6.36. The van der Waals surface area contributed by atoms with Gasteiger partial charge in [-0.2, -0.15) is 0 Å². The third-order valence-electron chi connectivity index (χ3n) is 4.66. The minimum Gasteiger partial charge on any atom is -0.480 e. The van der Waals surface area contributed by atoms with Gasteiger partial charge in [0, 0.05) is 6.54 Å². The van der Waals surface area contributed by atoms with Crippen LogP contribution in [0.4, 0.5) is 4.79 Å². The second-order valence-electron chi connectivity index (χ2n) is 6.36. The fourth-order valence-corrected chi connectivity index (χ4v) is 3.61. The Hall–Kier alpha value is -1.79. The molecule has 1 aliphatic heterocycles. The molecule has 1 heterocycles. The summed E-state index contributed by atoms with van der Waals surface area (Å²) in [4.78, 5) is 36.6. The van der Waals surface area contributed by atoms with E-state index in [0.717, 1.165) is 19.3 Å². The summed E-state index contributed by atoms with van der Waals surface area (Å²) in [5.41, 5.74) is 5.28. The summed E-state index contributed by atoms with van der Waals surface area (Å²) < 4.78 is 0. The van der Waals surface area contributed by atoms with E-state index in [2.05, 4.69) is 5.32 Å². The van der Waals surface area contributed by atoms with Crippen LogP contribution in [-0.2, 0) is 9.59 Å². The van der Waals surface area contributed by atoms with Crippen LogP contribution in [0, 0.1) is 17.8 Å². The lowest BCUT2D eigenvalue weighted by atomic mass is 9.94. The van der Waals surface area contributed by atoms with E-state index >= 15 is 0 Å². The van der Waals surface area contributed by atoms with Crippen molar-refractivity contribution in [2.24, 2.45) is 23.5 Å². The van der Waals surface area contributed by atoms with E-state index in [4.69, 9.17) is 5.73 Å². The number of likely N-dealkylation sites (tertiary alicyclic amines) is 1. The molecular weight excluding hydrogens is 274 g/mol. The average Bonchev–Trinajstić information content (AvgIpc) is 2.93. The van der Waals surface area contributed by atoms with Crippen LogP contribution in [0.5, 0.6) is 0 Å². The zero-order chi connectivity index (χ0) is 15.7. The van der Waals surface area contributed by atoms with Gasteiger partial charge in [0.25, 0.3) is 0 Å². The van der Waals surface area contributed by atoms with Gasteiger partial charge in [0.1, 0.15) is 12.1 Å². The molecule has 3 amide bonds. The lowest BCUT2D eigenvalue weighted by Gasteiger charge is -2.27. The molecule has 1 saturated carbocycles. The standard InChI is InChI=1S/C14H23N3O4/c1-7(2)10(12(15)18)16-14(21)17-6-8-4-3-5-9(8)11(17)13(19)20/h7-11H,3-6H2,1-2H3,(H2,15,18)(H,16,21)(H,19,20). The monoisotopic (exact) mass is 297 g/mol. The molecule has 1 aliphatic carbocycles. The number of hydrogen-bond donors (Lipinski definition) is 3. The number of nitrogens with one attached hydrogen (secondary N) is 1. The molecule has 2 fully saturated rings. The lowest BCUT2D eigenvalue weighted by Crippen LogP contribution is -2.55. The van der Waals surface area contributed by atoms with Gasteiger partial charge in [-0.3, -0.25) is 4.79 Å². The highest BCUT2D eigenvalue weighted by Crippen LogP contribution is 2.42. The number of primary amides is 1. The molecule has 0 aromatic rings. The molecule has 0 aromatic heterocycles. The smallest absolute Gasteiger partial charge is 0.326 e. The quantitative estimate of drug-likeness (QED) is 0.696. The number of carbonyl (C=O) groups is 3. The molecule has 0 spiro atoms. The van der Waals surface area contributed by atoms with Crippen LogP contribution >= 0.6 is 0 Å². The van der Waals surface area contributed by atoms with E-state index in [1.165, 1.54) is 4.90 Å². The van der Waals surface area contributed by atoms with Gasteiger partial charge in [0.15, 0.2) is 0 Å². The first kappa shape index (κ1) is 15.6. The zero-order valence-electron chi connectivity index (χ0n) is 12.4. The number of amides is 3. The Labute approximate surface area is 123 Å². The SMILES string of the molecule is CC(C)C(NC(=O)N1CC2CCCC2C1C(=O)O)C(N)=O. The van der Waals surface area contributed by atoms with Gasteiger partial charge < -0.3 is 21.1 Å². The Morgan fingerprint density at radius 3 is 2.48 bits per heavy atom. The first-order chi connectivity index (χ1) is 9.82. The van der Waals surface area contributed by atoms with E-state index in [0.29, 0.717) is 6.54 Å². The number of urea groups is 1. The highest BCUT2D eigenvalue weighted by atomic mass is 16.4. The third kappa shape index (κ3) is 2.96. The maximum atomic E-state index is 12.4. The van der Waals surface area contributed by atoms with Gasteiger partial charge in [-0.1, -0.05) is 20.3 Å². The molecule has 0 radical (unpaired) electrons. The number of carboxylic acids is 1. The number of nitrogens with two attached hydrogens (primary N) is 1. The molecule has 2 aliphatic rings. The fourth-order valence-electron chi connectivity index (χ4n) is 3.61. The van der Waals surface area contributed by atoms with Crippen molar-refractivity contribution in [1.29, 1.82) is 0 Å². The molecule has 1 saturated heterocycles. The number of fused-ring (bicyclic) bond motifs is 1. The minimum atomic E-state index is -0.972. The zero-order valence-corrected chi connectivity index (χ0v) is 12.4. The van der Waals surface area contributed by atoms with Crippen molar-refractivity contribution in [3.63, 3.8) is 0 Å². The number of aliphatic carboxylic acids is 1. The van der Waals surface area contributed by atoms with Gasteiger partial charge in [-0.25, -0.2) is 9.59 Å². The van der Waals surface area contributed by atoms with Crippen LogP contribution in [0.15, 0.2) is 0 Å². The van der Waals surface area contributed by atoms with Crippen LogP contribution in [-0.4, -0.2) is 46.5 Å². The molecule has 0 bridgehead atoms. The first-order valence-corrected chi connectivity index (χ1v) is 7.42.